The average molecular weight is 376 g/mol. The quantitative estimate of drug-likeness (QED) is 0.734. The number of piperazine rings is 1. The van der Waals surface area contributed by atoms with Gasteiger partial charge in [-0.15, -0.1) is 0 Å². The fourth-order valence-corrected chi connectivity index (χ4v) is 3.66. The van der Waals surface area contributed by atoms with Gasteiger partial charge in [0.15, 0.2) is 0 Å². The van der Waals surface area contributed by atoms with Crippen molar-refractivity contribution >= 4 is 17.9 Å². The van der Waals surface area contributed by atoms with Crippen molar-refractivity contribution in [3.8, 4) is 0 Å². The smallest absolute Gasteiger partial charge is 0.410 e. The largest absolute Gasteiger partial charge is 0.456 e. The van der Waals surface area contributed by atoms with Crippen LogP contribution < -0.4 is 4.90 Å². The fraction of sp³-hybridized carbons (Fsp3) is 0.684. The van der Waals surface area contributed by atoms with E-state index in [4.69, 9.17) is 9.47 Å². The Bertz CT molecular complexity index is 723. The lowest BCUT2D eigenvalue weighted by Crippen LogP contribution is -2.50. The van der Waals surface area contributed by atoms with Gasteiger partial charge in [-0.2, -0.15) is 0 Å². The summed E-state index contributed by atoms with van der Waals surface area (Å²) in [4.78, 5) is 36.4. The van der Waals surface area contributed by atoms with E-state index >= 15 is 0 Å². The second kappa shape index (κ2) is 7.32. The lowest BCUT2D eigenvalue weighted by molar-refractivity contribution is -0.146. The third-order valence-corrected chi connectivity index (χ3v) is 4.80. The summed E-state index contributed by atoms with van der Waals surface area (Å²) in [5.74, 6) is 0.793. The van der Waals surface area contributed by atoms with Crippen molar-refractivity contribution in [2.45, 2.75) is 58.7 Å². The summed E-state index contributed by atoms with van der Waals surface area (Å²) < 4.78 is 10.9. The maximum Gasteiger partial charge on any atom is 0.410 e. The van der Waals surface area contributed by atoms with Crippen LogP contribution in [0.15, 0.2) is 6.33 Å². The summed E-state index contributed by atoms with van der Waals surface area (Å²) in [7, 11) is 0. The van der Waals surface area contributed by atoms with E-state index in [2.05, 4.69) is 21.8 Å². The van der Waals surface area contributed by atoms with E-state index < -0.39 is 5.60 Å². The van der Waals surface area contributed by atoms with E-state index in [1.807, 2.05) is 20.8 Å². The zero-order chi connectivity index (χ0) is 19.8. The lowest BCUT2D eigenvalue weighted by Gasteiger charge is -2.37. The number of fused-ring (bicyclic) bond motifs is 1. The Morgan fingerprint density at radius 1 is 1.15 bits per heavy atom. The minimum atomic E-state index is -0.497. The number of carbonyl (C=O) groups excluding carboxylic acids is 2. The highest BCUT2D eigenvalue weighted by molar-refractivity contribution is 5.69. The number of nitrogens with zero attached hydrogens (tertiary/aromatic N) is 4. The summed E-state index contributed by atoms with van der Waals surface area (Å²) in [6.45, 7) is 11.6. The normalized spacial score (nSPS) is 22.4. The highest BCUT2D eigenvalue weighted by Crippen LogP contribution is 2.44. The van der Waals surface area contributed by atoms with Crippen LogP contribution in [0.4, 0.5) is 10.6 Å². The molecule has 1 aliphatic carbocycles. The zero-order valence-corrected chi connectivity index (χ0v) is 16.7. The molecular weight excluding hydrogens is 348 g/mol. The summed E-state index contributed by atoms with van der Waals surface area (Å²) in [6.07, 6.45) is 1.66. The van der Waals surface area contributed by atoms with Gasteiger partial charge in [0.2, 0.25) is 0 Å². The first-order valence-corrected chi connectivity index (χ1v) is 9.40. The van der Waals surface area contributed by atoms with Crippen molar-refractivity contribution in [3.63, 3.8) is 0 Å². The van der Waals surface area contributed by atoms with Gasteiger partial charge >= 0.3 is 12.1 Å². The maximum absolute atomic E-state index is 12.3. The van der Waals surface area contributed by atoms with Crippen molar-refractivity contribution in [1.82, 2.24) is 14.9 Å². The van der Waals surface area contributed by atoms with E-state index in [0.717, 1.165) is 23.5 Å². The number of hydrogen-bond acceptors (Lipinski definition) is 7. The number of ether oxygens (including phenoxy) is 2. The Balaban J connectivity index is 1.72. The minimum Gasteiger partial charge on any atom is -0.456 e. The van der Waals surface area contributed by atoms with Gasteiger partial charge in [0, 0.05) is 38.7 Å². The molecule has 2 aliphatic rings. The Morgan fingerprint density at radius 2 is 1.81 bits per heavy atom. The van der Waals surface area contributed by atoms with Gasteiger partial charge in [0.1, 0.15) is 23.9 Å². The second-order valence-corrected chi connectivity index (χ2v) is 8.19. The molecule has 1 fully saturated rings. The molecule has 0 spiro atoms. The molecule has 0 radical (unpaired) electrons. The van der Waals surface area contributed by atoms with Gasteiger partial charge in [-0.05, 0) is 33.1 Å². The van der Waals surface area contributed by atoms with Crippen molar-refractivity contribution in [3.05, 3.63) is 17.6 Å². The van der Waals surface area contributed by atoms with Crippen molar-refractivity contribution < 1.29 is 19.1 Å². The highest BCUT2D eigenvalue weighted by atomic mass is 16.6. The second-order valence-electron chi connectivity index (χ2n) is 8.19. The van der Waals surface area contributed by atoms with Crippen molar-refractivity contribution in [1.29, 1.82) is 0 Å². The lowest BCUT2D eigenvalue weighted by atomic mass is 10.1. The molecule has 8 nitrogen and oxygen atoms in total. The first-order valence-electron chi connectivity index (χ1n) is 9.40. The topological polar surface area (TPSA) is 84.9 Å². The predicted octanol–water partition coefficient (Wildman–Crippen LogP) is 2.65. The Morgan fingerprint density at radius 3 is 2.41 bits per heavy atom. The number of rotatable bonds is 2. The monoisotopic (exact) mass is 376 g/mol. The Kier molecular flexibility index (Phi) is 5.26. The van der Waals surface area contributed by atoms with E-state index in [9.17, 15) is 9.59 Å². The number of amides is 1. The van der Waals surface area contributed by atoms with Crippen LogP contribution in [0.2, 0.25) is 0 Å². The number of anilines is 1. The third kappa shape index (κ3) is 4.31. The molecule has 1 aromatic rings. The first kappa shape index (κ1) is 19.4. The van der Waals surface area contributed by atoms with E-state index in [0.29, 0.717) is 26.2 Å². The summed E-state index contributed by atoms with van der Waals surface area (Å²) in [5, 5.41) is 0. The van der Waals surface area contributed by atoms with Crippen LogP contribution in [0.1, 0.15) is 64.3 Å². The standard InChI is InChI=1S/C19H28N4O4/c1-12-10-14(26-13(2)24)16-15(12)17(21-11-20-16)22-6-8-23(9-7-22)18(25)27-19(3,4)5/h11-12,14H,6-10H2,1-5H3/t12-,14-/m1/s1. The molecule has 0 aromatic carbocycles. The molecule has 0 N–H and O–H groups in total. The Hall–Kier alpha value is -2.38. The minimum absolute atomic E-state index is 0.212. The van der Waals surface area contributed by atoms with Gasteiger partial charge in [-0.25, -0.2) is 14.8 Å². The molecule has 27 heavy (non-hydrogen) atoms. The van der Waals surface area contributed by atoms with Crippen LogP contribution in [0.25, 0.3) is 0 Å². The maximum atomic E-state index is 12.3. The van der Waals surface area contributed by atoms with Crippen molar-refractivity contribution in [2.75, 3.05) is 31.1 Å². The SMILES string of the molecule is CC(=O)O[C@@H]1C[C@@H](C)c2c1ncnc2N1CCN(C(=O)OC(C)(C)C)CC1. The molecular formula is C19H28N4O4. The molecule has 0 bridgehead atoms. The van der Waals surface area contributed by atoms with Crippen LogP contribution in [0, 0.1) is 0 Å². The number of esters is 1. The van der Waals surface area contributed by atoms with Crippen LogP contribution in [-0.2, 0) is 14.3 Å². The summed E-state index contributed by atoms with van der Waals surface area (Å²) in [6, 6.07) is 0. The molecule has 0 saturated carbocycles. The number of hydrogen-bond donors (Lipinski definition) is 0. The molecule has 1 aromatic heterocycles. The molecule has 1 amide bonds. The van der Waals surface area contributed by atoms with Gasteiger partial charge in [-0.3, -0.25) is 4.79 Å². The van der Waals surface area contributed by atoms with E-state index in [-0.39, 0.29) is 24.1 Å². The van der Waals surface area contributed by atoms with E-state index in [1.165, 1.54) is 13.3 Å². The molecule has 8 heteroatoms. The number of aromatic nitrogens is 2. The van der Waals surface area contributed by atoms with Crippen LogP contribution in [0.5, 0.6) is 0 Å². The number of carbonyl (C=O) groups is 2. The molecule has 2 atom stereocenters. The molecule has 0 unspecified atom stereocenters. The van der Waals surface area contributed by atoms with Crippen LogP contribution >= 0.6 is 0 Å². The van der Waals surface area contributed by atoms with Crippen LogP contribution in [-0.4, -0.2) is 58.7 Å². The van der Waals surface area contributed by atoms with Gasteiger partial charge in [0.25, 0.3) is 0 Å². The molecule has 2 heterocycles. The predicted molar refractivity (Wildman–Crippen MR) is 99.6 cm³/mol. The molecule has 3 rings (SSSR count). The van der Waals surface area contributed by atoms with Gasteiger partial charge in [-0.1, -0.05) is 6.92 Å². The average Bonchev–Trinajstić information content (AvgIpc) is 2.89. The zero-order valence-electron chi connectivity index (χ0n) is 16.7. The third-order valence-electron chi connectivity index (χ3n) is 4.80. The fourth-order valence-electron chi connectivity index (χ4n) is 3.66. The Labute approximate surface area is 159 Å². The molecule has 1 saturated heterocycles. The highest BCUT2D eigenvalue weighted by Gasteiger charge is 2.37. The summed E-state index contributed by atoms with van der Waals surface area (Å²) in [5.41, 5.74) is 1.36. The van der Waals surface area contributed by atoms with Crippen LogP contribution in [0.3, 0.4) is 0 Å². The van der Waals surface area contributed by atoms with Gasteiger partial charge < -0.3 is 19.3 Å². The first-order chi connectivity index (χ1) is 12.7. The van der Waals surface area contributed by atoms with Crippen molar-refractivity contribution in [2.24, 2.45) is 0 Å². The summed E-state index contributed by atoms with van der Waals surface area (Å²) >= 11 is 0. The van der Waals surface area contributed by atoms with E-state index in [1.54, 1.807) is 4.90 Å². The molecule has 1 aliphatic heterocycles. The molecule has 148 valence electrons. The van der Waals surface area contributed by atoms with Gasteiger partial charge in [0.05, 0.1) is 5.69 Å².